The summed E-state index contributed by atoms with van der Waals surface area (Å²) in [4.78, 5) is 5.17. The fourth-order valence-corrected chi connectivity index (χ4v) is 3.17. The van der Waals surface area contributed by atoms with Crippen molar-refractivity contribution in [2.24, 2.45) is 0 Å². The molecule has 18 heavy (non-hydrogen) atoms. The number of ether oxygens (including phenoxy) is 1. The summed E-state index contributed by atoms with van der Waals surface area (Å²) in [6.07, 6.45) is 2.38. The summed E-state index contributed by atoms with van der Waals surface area (Å²) in [5, 5.41) is 0. The van der Waals surface area contributed by atoms with Crippen LogP contribution in [-0.4, -0.2) is 59.8 Å². The van der Waals surface area contributed by atoms with E-state index < -0.39 is 0 Å². The van der Waals surface area contributed by atoms with Crippen LogP contribution < -0.4 is 0 Å². The molecule has 0 atom stereocenters. The van der Waals surface area contributed by atoms with Crippen molar-refractivity contribution in [2.75, 3.05) is 32.8 Å². The molecule has 106 valence electrons. The topological polar surface area (TPSA) is 15.7 Å². The molecule has 3 heteroatoms. The SMILES string of the molecule is CC(C)N1CCC2(CC1)CN(C(C)(C)C)CCO2. The predicted octanol–water partition coefficient (Wildman–Crippen LogP) is 2.36. The summed E-state index contributed by atoms with van der Waals surface area (Å²) in [6, 6.07) is 0.671. The Kier molecular flexibility index (Phi) is 4.05. The molecule has 0 aromatic heterocycles. The molecule has 1 spiro atoms. The van der Waals surface area contributed by atoms with Gasteiger partial charge in [-0.2, -0.15) is 0 Å². The van der Waals surface area contributed by atoms with E-state index in [1.807, 2.05) is 0 Å². The van der Waals surface area contributed by atoms with Gasteiger partial charge in [-0.15, -0.1) is 0 Å². The number of morpholine rings is 1. The molecule has 0 N–H and O–H groups in total. The van der Waals surface area contributed by atoms with E-state index in [1.54, 1.807) is 0 Å². The standard InChI is InChI=1S/C15H30N2O/c1-13(2)16-8-6-15(7-9-16)12-17(10-11-18-15)14(3,4)5/h13H,6-12H2,1-5H3. The highest BCUT2D eigenvalue weighted by atomic mass is 16.5. The molecule has 2 fully saturated rings. The normalized spacial score (nSPS) is 27.0. The first-order valence-electron chi connectivity index (χ1n) is 7.45. The molecular weight excluding hydrogens is 224 g/mol. The lowest BCUT2D eigenvalue weighted by molar-refractivity contribution is -0.153. The average Bonchev–Trinajstić information content (AvgIpc) is 2.28. The van der Waals surface area contributed by atoms with E-state index in [0.29, 0.717) is 6.04 Å². The number of likely N-dealkylation sites (tertiary alicyclic amines) is 1. The summed E-state index contributed by atoms with van der Waals surface area (Å²) in [7, 11) is 0. The van der Waals surface area contributed by atoms with E-state index in [2.05, 4.69) is 44.4 Å². The maximum absolute atomic E-state index is 6.19. The second kappa shape index (κ2) is 5.10. The highest BCUT2D eigenvalue weighted by molar-refractivity contribution is 4.96. The smallest absolute Gasteiger partial charge is 0.0834 e. The van der Waals surface area contributed by atoms with Gasteiger partial charge in [-0.25, -0.2) is 0 Å². The fourth-order valence-electron chi connectivity index (χ4n) is 3.17. The van der Waals surface area contributed by atoms with Crippen molar-refractivity contribution >= 4 is 0 Å². The van der Waals surface area contributed by atoms with E-state index in [1.165, 1.54) is 25.9 Å². The molecule has 0 bridgehead atoms. The van der Waals surface area contributed by atoms with Gasteiger partial charge < -0.3 is 9.64 Å². The lowest BCUT2D eigenvalue weighted by atomic mass is 9.87. The number of nitrogens with zero attached hydrogens (tertiary/aromatic N) is 2. The van der Waals surface area contributed by atoms with Crippen molar-refractivity contribution in [2.45, 2.75) is 64.6 Å². The van der Waals surface area contributed by atoms with Crippen LogP contribution in [0.2, 0.25) is 0 Å². The van der Waals surface area contributed by atoms with Crippen LogP contribution in [0.25, 0.3) is 0 Å². The maximum Gasteiger partial charge on any atom is 0.0834 e. The second-order valence-corrected chi connectivity index (χ2v) is 7.25. The summed E-state index contributed by atoms with van der Waals surface area (Å²) in [5.41, 5.74) is 0.406. The fraction of sp³-hybridized carbons (Fsp3) is 1.00. The Morgan fingerprint density at radius 3 is 2.17 bits per heavy atom. The van der Waals surface area contributed by atoms with Crippen LogP contribution in [0, 0.1) is 0 Å². The largest absolute Gasteiger partial charge is 0.372 e. The zero-order chi connectivity index (χ0) is 13.4. The van der Waals surface area contributed by atoms with Crippen LogP contribution >= 0.6 is 0 Å². The summed E-state index contributed by atoms with van der Waals surface area (Å²) in [5.74, 6) is 0. The van der Waals surface area contributed by atoms with Gasteiger partial charge in [0.1, 0.15) is 0 Å². The molecule has 2 saturated heterocycles. The van der Waals surface area contributed by atoms with Gasteiger partial charge in [-0.1, -0.05) is 0 Å². The van der Waals surface area contributed by atoms with Gasteiger partial charge in [-0.3, -0.25) is 4.90 Å². The van der Waals surface area contributed by atoms with Crippen molar-refractivity contribution in [1.29, 1.82) is 0 Å². The van der Waals surface area contributed by atoms with Gasteiger partial charge in [0.25, 0.3) is 0 Å². The minimum atomic E-state index is 0.136. The Hall–Kier alpha value is -0.120. The zero-order valence-electron chi connectivity index (χ0n) is 12.8. The number of hydrogen-bond donors (Lipinski definition) is 0. The Bertz CT molecular complexity index is 275. The molecule has 0 aromatic carbocycles. The first-order chi connectivity index (χ1) is 8.32. The maximum atomic E-state index is 6.19. The van der Waals surface area contributed by atoms with Crippen molar-refractivity contribution in [1.82, 2.24) is 9.80 Å². The van der Waals surface area contributed by atoms with E-state index in [0.717, 1.165) is 19.7 Å². The molecule has 0 amide bonds. The molecule has 0 aromatic rings. The monoisotopic (exact) mass is 254 g/mol. The third-order valence-corrected chi connectivity index (χ3v) is 4.64. The molecule has 0 radical (unpaired) electrons. The molecule has 0 aliphatic carbocycles. The lowest BCUT2D eigenvalue weighted by Crippen LogP contribution is -2.61. The molecule has 3 nitrogen and oxygen atoms in total. The summed E-state index contributed by atoms with van der Waals surface area (Å²) >= 11 is 0. The minimum absolute atomic E-state index is 0.136. The van der Waals surface area contributed by atoms with Gasteiger partial charge >= 0.3 is 0 Å². The van der Waals surface area contributed by atoms with Crippen molar-refractivity contribution < 1.29 is 4.74 Å². The quantitative estimate of drug-likeness (QED) is 0.714. The number of piperidine rings is 1. The van der Waals surface area contributed by atoms with Crippen LogP contribution in [0.1, 0.15) is 47.5 Å². The van der Waals surface area contributed by atoms with Gasteiger partial charge in [-0.05, 0) is 47.5 Å². The first kappa shape index (κ1) is 14.3. The highest BCUT2D eigenvalue weighted by Gasteiger charge is 2.42. The third-order valence-electron chi connectivity index (χ3n) is 4.64. The summed E-state index contributed by atoms with van der Waals surface area (Å²) < 4.78 is 6.19. The second-order valence-electron chi connectivity index (χ2n) is 7.25. The van der Waals surface area contributed by atoms with Gasteiger partial charge in [0.2, 0.25) is 0 Å². The van der Waals surface area contributed by atoms with E-state index in [4.69, 9.17) is 4.74 Å². The van der Waals surface area contributed by atoms with Crippen molar-refractivity contribution in [3.05, 3.63) is 0 Å². The predicted molar refractivity (Wildman–Crippen MR) is 76.0 cm³/mol. The molecule has 2 aliphatic rings. The Labute approximate surface area is 112 Å². The van der Waals surface area contributed by atoms with Crippen LogP contribution in [0.4, 0.5) is 0 Å². The van der Waals surface area contributed by atoms with Crippen molar-refractivity contribution in [3.8, 4) is 0 Å². The Balaban J connectivity index is 1.97. The minimum Gasteiger partial charge on any atom is -0.372 e. The molecule has 0 saturated carbocycles. The van der Waals surface area contributed by atoms with Gasteiger partial charge in [0.15, 0.2) is 0 Å². The van der Waals surface area contributed by atoms with Crippen molar-refractivity contribution in [3.63, 3.8) is 0 Å². The summed E-state index contributed by atoms with van der Waals surface area (Å²) in [6.45, 7) is 17.0. The third kappa shape index (κ3) is 3.06. The molecule has 2 rings (SSSR count). The average molecular weight is 254 g/mol. The Morgan fingerprint density at radius 1 is 1.06 bits per heavy atom. The molecular formula is C15H30N2O. The Morgan fingerprint density at radius 2 is 1.67 bits per heavy atom. The van der Waals surface area contributed by atoms with E-state index in [9.17, 15) is 0 Å². The highest BCUT2D eigenvalue weighted by Crippen LogP contribution is 2.33. The van der Waals surface area contributed by atoms with E-state index in [-0.39, 0.29) is 11.1 Å². The van der Waals surface area contributed by atoms with Gasteiger partial charge in [0.05, 0.1) is 12.2 Å². The molecule has 2 aliphatic heterocycles. The van der Waals surface area contributed by atoms with Crippen LogP contribution in [-0.2, 0) is 4.74 Å². The van der Waals surface area contributed by atoms with Gasteiger partial charge in [0, 0.05) is 37.8 Å². The number of hydrogen-bond acceptors (Lipinski definition) is 3. The first-order valence-corrected chi connectivity index (χ1v) is 7.45. The molecule has 0 unspecified atom stereocenters. The van der Waals surface area contributed by atoms with Crippen LogP contribution in [0.15, 0.2) is 0 Å². The van der Waals surface area contributed by atoms with Crippen LogP contribution in [0.3, 0.4) is 0 Å². The zero-order valence-corrected chi connectivity index (χ0v) is 12.8. The number of rotatable bonds is 1. The molecule has 2 heterocycles. The van der Waals surface area contributed by atoms with Crippen LogP contribution in [0.5, 0.6) is 0 Å². The lowest BCUT2D eigenvalue weighted by Gasteiger charge is -2.51. The van der Waals surface area contributed by atoms with E-state index >= 15 is 0 Å².